The van der Waals surface area contributed by atoms with Crippen molar-refractivity contribution in [2.75, 3.05) is 0 Å². The first-order valence-corrected chi connectivity index (χ1v) is 8.65. The van der Waals surface area contributed by atoms with Crippen molar-refractivity contribution >= 4 is 0 Å². The summed E-state index contributed by atoms with van der Waals surface area (Å²) in [4.78, 5) is 0. The maximum Gasteiger partial charge on any atom is -0.0162 e. The van der Waals surface area contributed by atoms with Crippen LogP contribution in [0.15, 0.2) is 47.6 Å². The molecule has 0 amide bonds. The first-order chi connectivity index (χ1) is 9.92. The predicted molar refractivity (Wildman–Crippen MR) is 85.3 cm³/mol. The zero-order valence-corrected chi connectivity index (χ0v) is 12.4. The molecule has 0 saturated heterocycles. The van der Waals surface area contributed by atoms with Gasteiger partial charge in [-0.25, -0.2) is 0 Å². The van der Waals surface area contributed by atoms with E-state index in [1.54, 1.807) is 11.1 Å². The van der Waals surface area contributed by atoms with Crippen molar-refractivity contribution < 1.29 is 0 Å². The minimum atomic E-state index is 0.901. The Labute approximate surface area is 123 Å². The minimum absolute atomic E-state index is 0.901. The van der Waals surface area contributed by atoms with Gasteiger partial charge in [-0.3, -0.25) is 0 Å². The molecule has 0 nitrogen and oxygen atoms in total. The fraction of sp³-hybridized carbons (Fsp3) is 0.600. The van der Waals surface area contributed by atoms with Gasteiger partial charge in [0.25, 0.3) is 0 Å². The average molecular weight is 266 g/mol. The van der Waals surface area contributed by atoms with Gasteiger partial charge in [0.2, 0.25) is 0 Å². The first-order valence-electron chi connectivity index (χ1n) is 8.65. The average Bonchev–Trinajstić information content (AvgIpc) is 3.09. The third-order valence-corrected chi connectivity index (χ3v) is 6.17. The van der Waals surface area contributed by atoms with Gasteiger partial charge in [-0.15, -0.1) is 0 Å². The molecule has 106 valence electrons. The van der Waals surface area contributed by atoms with Crippen molar-refractivity contribution in [1.82, 2.24) is 0 Å². The second-order valence-corrected chi connectivity index (χ2v) is 7.18. The standard InChI is InChI=1S/C20H26/c1-3-7-19-15(5-1)9-11-17(19)13-14-18-12-10-16-6-2-4-8-20(16)18/h1-4,7-8,15-18H,5-6,9-14H2. The quantitative estimate of drug-likeness (QED) is 0.624. The molecule has 0 aromatic rings. The van der Waals surface area contributed by atoms with Crippen LogP contribution in [-0.4, -0.2) is 0 Å². The van der Waals surface area contributed by atoms with E-state index < -0.39 is 0 Å². The number of fused-ring (bicyclic) bond motifs is 2. The molecule has 0 heterocycles. The number of hydrogen-bond donors (Lipinski definition) is 0. The summed E-state index contributed by atoms with van der Waals surface area (Å²) in [6.07, 6.45) is 25.5. The Morgan fingerprint density at radius 3 is 1.70 bits per heavy atom. The summed E-state index contributed by atoms with van der Waals surface area (Å²) in [5, 5.41) is 0. The van der Waals surface area contributed by atoms with E-state index in [2.05, 4.69) is 36.5 Å². The predicted octanol–water partition coefficient (Wildman–Crippen LogP) is 5.59. The fourth-order valence-corrected chi connectivity index (χ4v) is 5.06. The van der Waals surface area contributed by atoms with Gasteiger partial charge >= 0.3 is 0 Å². The van der Waals surface area contributed by atoms with Gasteiger partial charge in [-0.2, -0.15) is 0 Å². The van der Waals surface area contributed by atoms with Crippen molar-refractivity contribution in [2.24, 2.45) is 23.7 Å². The molecule has 0 bridgehead atoms. The molecule has 0 N–H and O–H groups in total. The Morgan fingerprint density at radius 2 is 1.20 bits per heavy atom. The van der Waals surface area contributed by atoms with Crippen LogP contribution in [0.3, 0.4) is 0 Å². The largest absolute Gasteiger partial charge is 0.0839 e. The lowest BCUT2D eigenvalue weighted by Crippen LogP contribution is -2.08. The highest BCUT2D eigenvalue weighted by molar-refractivity contribution is 5.28. The molecule has 0 spiro atoms. The lowest BCUT2D eigenvalue weighted by Gasteiger charge is -2.22. The Morgan fingerprint density at radius 1 is 0.700 bits per heavy atom. The maximum absolute atomic E-state index is 2.44. The molecule has 20 heavy (non-hydrogen) atoms. The van der Waals surface area contributed by atoms with E-state index in [4.69, 9.17) is 0 Å². The van der Waals surface area contributed by atoms with Crippen molar-refractivity contribution in [3.8, 4) is 0 Å². The van der Waals surface area contributed by atoms with Crippen LogP contribution in [0.25, 0.3) is 0 Å². The molecule has 0 aliphatic heterocycles. The monoisotopic (exact) mass is 266 g/mol. The third-order valence-electron chi connectivity index (χ3n) is 6.17. The first kappa shape index (κ1) is 12.7. The maximum atomic E-state index is 2.44. The number of rotatable bonds is 3. The van der Waals surface area contributed by atoms with Crippen LogP contribution in [0, 0.1) is 23.7 Å². The van der Waals surface area contributed by atoms with Crippen LogP contribution >= 0.6 is 0 Å². The van der Waals surface area contributed by atoms with Crippen LogP contribution in [0.4, 0.5) is 0 Å². The molecular formula is C20H26. The summed E-state index contributed by atoms with van der Waals surface area (Å²) in [5.41, 5.74) is 3.58. The van der Waals surface area contributed by atoms with Crippen LogP contribution < -0.4 is 0 Å². The molecular weight excluding hydrogens is 240 g/mol. The summed E-state index contributed by atoms with van der Waals surface area (Å²) in [6, 6.07) is 0. The Hall–Kier alpha value is -1.04. The molecule has 2 saturated carbocycles. The molecule has 4 unspecified atom stereocenters. The topological polar surface area (TPSA) is 0 Å². The minimum Gasteiger partial charge on any atom is -0.0839 e. The van der Waals surface area contributed by atoms with Crippen LogP contribution in [0.1, 0.15) is 51.4 Å². The molecule has 0 heteroatoms. The van der Waals surface area contributed by atoms with Crippen molar-refractivity contribution in [3.05, 3.63) is 47.6 Å². The summed E-state index contributed by atoms with van der Waals surface area (Å²) < 4.78 is 0. The SMILES string of the molecule is C1=CCC2CCC(CCC3CCC4CC=CC=C43)C2=C1. The van der Waals surface area contributed by atoms with E-state index in [-0.39, 0.29) is 0 Å². The van der Waals surface area contributed by atoms with Crippen LogP contribution in [-0.2, 0) is 0 Å². The van der Waals surface area contributed by atoms with Gasteiger partial charge < -0.3 is 0 Å². The van der Waals surface area contributed by atoms with Gasteiger partial charge in [0.05, 0.1) is 0 Å². The molecule has 0 aromatic heterocycles. The smallest absolute Gasteiger partial charge is 0.0162 e. The zero-order chi connectivity index (χ0) is 13.4. The van der Waals surface area contributed by atoms with Crippen molar-refractivity contribution in [2.45, 2.75) is 51.4 Å². The number of hydrogen-bond acceptors (Lipinski definition) is 0. The van der Waals surface area contributed by atoms with Gasteiger partial charge in [-0.1, -0.05) is 47.6 Å². The second-order valence-electron chi connectivity index (χ2n) is 7.18. The highest BCUT2D eigenvalue weighted by Gasteiger charge is 2.33. The van der Waals surface area contributed by atoms with Crippen molar-refractivity contribution in [1.29, 1.82) is 0 Å². The van der Waals surface area contributed by atoms with Gasteiger partial charge in [0.1, 0.15) is 0 Å². The number of allylic oxidation sites excluding steroid dienone is 8. The van der Waals surface area contributed by atoms with Gasteiger partial charge in [-0.05, 0) is 75.0 Å². The highest BCUT2D eigenvalue weighted by Crippen LogP contribution is 2.47. The molecule has 0 aromatic carbocycles. The Balaban J connectivity index is 1.39. The molecule has 4 aliphatic rings. The van der Waals surface area contributed by atoms with Gasteiger partial charge in [0.15, 0.2) is 0 Å². The van der Waals surface area contributed by atoms with E-state index in [0.29, 0.717) is 0 Å². The van der Waals surface area contributed by atoms with E-state index in [0.717, 1.165) is 23.7 Å². The van der Waals surface area contributed by atoms with E-state index in [1.165, 1.54) is 51.4 Å². The molecule has 4 atom stereocenters. The summed E-state index contributed by atoms with van der Waals surface area (Å²) in [7, 11) is 0. The van der Waals surface area contributed by atoms with E-state index in [9.17, 15) is 0 Å². The Bertz CT molecular complexity index is 442. The van der Waals surface area contributed by atoms with Crippen molar-refractivity contribution in [3.63, 3.8) is 0 Å². The van der Waals surface area contributed by atoms with Gasteiger partial charge in [0, 0.05) is 0 Å². The van der Waals surface area contributed by atoms with Crippen LogP contribution in [0.5, 0.6) is 0 Å². The summed E-state index contributed by atoms with van der Waals surface area (Å²) >= 11 is 0. The summed E-state index contributed by atoms with van der Waals surface area (Å²) in [6.45, 7) is 0. The molecule has 0 radical (unpaired) electrons. The van der Waals surface area contributed by atoms with E-state index >= 15 is 0 Å². The third kappa shape index (κ3) is 2.24. The summed E-state index contributed by atoms with van der Waals surface area (Å²) in [5.74, 6) is 3.61. The molecule has 4 aliphatic carbocycles. The molecule has 2 fully saturated rings. The highest BCUT2D eigenvalue weighted by atomic mass is 14.4. The van der Waals surface area contributed by atoms with Crippen LogP contribution in [0.2, 0.25) is 0 Å². The lowest BCUT2D eigenvalue weighted by molar-refractivity contribution is 0.468. The molecule has 4 rings (SSSR count). The normalized spacial score (nSPS) is 38.4. The lowest BCUT2D eigenvalue weighted by atomic mass is 9.84. The fourth-order valence-electron chi connectivity index (χ4n) is 5.06. The zero-order valence-electron chi connectivity index (χ0n) is 12.4. The second kappa shape index (κ2) is 5.39. The Kier molecular flexibility index (Phi) is 3.42. The van der Waals surface area contributed by atoms with E-state index in [1.807, 2.05) is 0 Å².